The molecule has 4 aromatic rings. The van der Waals surface area contributed by atoms with Gasteiger partial charge in [0.05, 0.1) is 5.92 Å². The molecule has 2 N–H and O–H groups in total. The van der Waals surface area contributed by atoms with Gasteiger partial charge in [-0.25, -0.2) is 4.79 Å². The van der Waals surface area contributed by atoms with Crippen LogP contribution in [0.4, 0.5) is 0 Å². The topological polar surface area (TPSA) is 104 Å². The predicted octanol–water partition coefficient (Wildman–Crippen LogP) is 7.74. The summed E-state index contributed by atoms with van der Waals surface area (Å²) in [5, 5.41) is 11.6. The van der Waals surface area contributed by atoms with E-state index in [2.05, 4.69) is 6.07 Å². The zero-order valence-corrected chi connectivity index (χ0v) is 24.5. The number of aryl methyl sites for hydroxylation is 1. The van der Waals surface area contributed by atoms with Crippen LogP contribution >= 0.6 is 34.8 Å². The third kappa shape index (κ3) is 6.58. The zero-order valence-electron chi connectivity index (χ0n) is 22.2. The first kappa shape index (κ1) is 29.2. The Morgan fingerprint density at radius 2 is 1.64 bits per heavy atom. The maximum atomic E-state index is 12.4. The van der Waals surface area contributed by atoms with Gasteiger partial charge in [0.25, 0.3) is 0 Å². The van der Waals surface area contributed by atoms with Crippen molar-refractivity contribution in [2.45, 2.75) is 19.4 Å². The average molecular weight is 622 g/mol. The van der Waals surface area contributed by atoms with Crippen molar-refractivity contribution in [1.82, 2.24) is 0 Å². The van der Waals surface area contributed by atoms with Crippen LogP contribution in [-0.4, -0.2) is 12.6 Å². The minimum absolute atomic E-state index is 0.0300. The molecule has 0 amide bonds. The molecule has 5 rings (SSSR count). The van der Waals surface area contributed by atoms with E-state index < -0.39 is 11.9 Å². The van der Waals surface area contributed by atoms with Crippen LogP contribution in [0.3, 0.4) is 0 Å². The molecule has 0 saturated carbocycles. The molecule has 7 nitrogen and oxygen atoms in total. The Morgan fingerprint density at radius 1 is 0.905 bits per heavy atom. The van der Waals surface area contributed by atoms with Gasteiger partial charge in [0.2, 0.25) is 5.88 Å². The van der Waals surface area contributed by atoms with Crippen molar-refractivity contribution in [2.24, 2.45) is 5.73 Å². The van der Waals surface area contributed by atoms with Crippen molar-refractivity contribution >= 4 is 40.8 Å². The van der Waals surface area contributed by atoms with Crippen LogP contribution in [0.15, 0.2) is 90.3 Å². The van der Waals surface area contributed by atoms with Crippen molar-refractivity contribution in [3.8, 4) is 29.1 Å². The summed E-state index contributed by atoms with van der Waals surface area (Å²) < 4.78 is 22.6. The maximum absolute atomic E-state index is 12.4. The molecule has 0 aromatic heterocycles. The van der Waals surface area contributed by atoms with E-state index in [4.69, 9.17) is 59.5 Å². The van der Waals surface area contributed by atoms with E-state index in [9.17, 15) is 10.1 Å². The number of fused-ring (bicyclic) bond motifs is 1. The van der Waals surface area contributed by atoms with Gasteiger partial charge < -0.3 is 24.7 Å². The highest BCUT2D eigenvalue weighted by molar-refractivity contribution is 6.35. The molecule has 1 aliphatic heterocycles. The highest BCUT2D eigenvalue weighted by Gasteiger charge is 2.31. The van der Waals surface area contributed by atoms with E-state index in [1.54, 1.807) is 60.7 Å². The highest BCUT2D eigenvalue weighted by atomic mass is 35.5. The lowest BCUT2D eigenvalue weighted by Gasteiger charge is -2.26. The number of nitriles is 1. The zero-order chi connectivity index (χ0) is 29.8. The summed E-state index contributed by atoms with van der Waals surface area (Å²) in [6, 6.07) is 24.7. The lowest BCUT2D eigenvalue weighted by atomic mass is 9.83. The summed E-state index contributed by atoms with van der Waals surface area (Å²) >= 11 is 18.2. The van der Waals surface area contributed by atoms with Gasteiger partial charge in [0.15, 0.2) is 6.61 Å². The van der Waals surface area contributed by atoms with Gasteiger partial charge in [0.1, 0.15) is 41.2 Å². The van der Waals surface area contributed by atoms with Crippen molar-refractivity contribution in [2.75, 3.05) is 6.61 Å². The fourth-order valence-electron chi connectivity index (χ4n) is 4.41. The number of nitrogens with two attached hydrogens (primary N) is 1. The van der Waals surface area contributed by atoms with E-state index in [0.717, 1.165) is 16.7 Å². The minimum atomic E-state index is -0.605. The van der Waals surface area contributed by atoms with Crippen LogP contribution < -0.4 is 24.7 Å². The van der Waals surface area contributed by atoms with Crippen LogP contribution in [0.25, 0.3) is 0 Å². The predicted molar refractivity (Wildman–Crippen MR) is 160 cm³/mol. The fraction of sp³-hybridized carbons (Fsp3) is 0.125. The second-order valence-corrected chi connectivity index (χ2v) is 10.6. The fourth-order valence-corrected chi connectivity index (χ4v) is 4.99. The summed E-state index contributed by atoms with van der Waals surface area (Å²) in [6.07, 6.45) is 0. The first-order valence-corrected chi connectivity index (χ1v) is 13.8. The average Bonchev–Trinajstić information content (AvgIpc) is 2.97. The summed E-state index contributed by atoms with van der Waals surface area (Å²) in [5.74, 6) is 0.590. The molecule has 0 saturated heterocycles. The Kier molecular flexibility index (Phi) is 8.79. The molecule has 1 aliphatic rings. The van der Waals surface area contributed by atoms with Crippen molar-refractivity contribution in [1.29, 1.82) is 5.26 Å². The van der Waals surface area contributed by atoms with E-state index in [-0.39, 0.29) is 30.4 Å². The number of carbonyl (C=O) groups is 1. The summed E-state index contributed by atoms with van der Waals surface area (Å²) in [5.41, 5.74) is 9.52. The van der Waals surface area contributed by atoms with E-state index in [1.807, 2.05) is 25.1 Å². The highest BCUT2D eigenvalue weighted by Crippen LogP contribution is 2.43. The van der Waals surface area contributed by atoms with Crippen LogP contribution in [0.2, 0.25) is 15.1 Å². The Bertz CT molecular complexity index is 1730. The largest absolute Gasteiger partial charge is 0.489 e. The second kappa shape index (κ2) is 12.7. The Hall–Kier alpha value is -4.35. The molecule has 1 heterocycles. The molecule has 1 atom stereocenters. The molecule has 42 heavy (non-hydrogen) atoms. The number of carbonyl (C=O) groups excluding carboxylic acids is 1. The first-order valence-electron chi connectivity index (χ1n) is 12.7. The van der Waals surface area contributed by atoms with Crippen LogP contribution in [-0.2, 0) is 11.4 Å². The van der Waals surface area contributed by atoms with Gasteiger partial charge in [-0.2, -0.15) is 5.26 Å². The SMILES string of the molecule is Cc1cc(OCC(=O)Oc2ccc3c(c2)OC(N)=C(C#N)C3c2ccc(OCc3ccc(Cl)cc3Cl)cc2)ccc1Cl. The van der Waals surface area contributed by atoms with E-state index in [0.29, 0.717) is 37.9 Å². The molecule has 0 fully saturated rings. The number of nitrogens with zero attached hydrogens (tertiary/aromatic N) is 1. The lowest BCUT2D eigenvalue weighted by molar-refractivity contribution is -0.136. The van der Waals surface area contributed by atoms with Gasteiger partial charge in [-0.3, -0.25) is 0 Å². The molecule has 0 aliphatic carbocycles. The minimum Gasteiger partial charge on any atom is -0.489 e. The molecule has 0 bridgehead atoms. The Balaban J connectivity index is 1.30. The third-order valence-corrected chi connectivity index (χ3v) is 7.54. The molecule has 10 heteroatoms. The first-order chi connectivity index (χ1) is 20.2. The molecule has 212 valence electrons. The number of benzene rings is 4. The number of halogens is 3. The molecule has 1 unspecified atom stereocenters. The normalized spacial score (nSPS) is 13.9. The molecule has 4 aromatic carbocycles. The monoisotopic (exact) mass is 620 g/mol. The van der Waals surface area contributed by atoms with Crippen LogP contribution in [0.5, 0.6) is 23.0 Å². The third-order valence-electron chi connectivity index (χ3n) is 6.53. The standard InChI is InChI=1S/C32H23Cl3N2O5/c1-18-12-23(9-11-27(18)34)40-17-30(38)41-24-8-10-25-29(14-24)42-32(37)26(15-36)31(25)19-3-6-22(7-4-19)39-16-20-2-5-21(33)13-28(20)35/h2-14,31H,16-17,37H2,1H3. The van der Waals surface area contributed by atoms with Gasteiger partial charge in [-0.15, -0.1) is 0 Å². The number of hydrogen-bond donors (Lipinski definition) is 1. The number of rotatable bonds is 8. The van der Waals surface area contributed by atoms with Gasteiger partial charge in [0, 0.05) is 32.3 Å². The van der Waals surface area contributed by atoms with Crippen LogP contribution in [0, 0.1) is 18.3 Å². The summed E-state index contributed by atoms with van der Waals surface area (Å²) in [6.45, 7) is 1.80. The second-order valence-electron chi connectivity index (χ2n) is 9.39. The molecular weight excluding hydrogens is 599 g/mol. The molecule has 0 radical (unpaired) electrons. The smallest absolute Gasteiger partial charge is 0.349 e. The van der Waals surface area contributed by atoms with Crippen molar-refractivity contribution < 1.29 is 23.7 Å². The van der Waals surface area contributed by atoms with Crippen molar-refractivity contribution in [3.63, 3.8) is 0 Å². The van der Waals surface area contributed by atoms with Gasteiger partial charge in [-0.1, -0.05) is 59.1 Å². The summed E-state index contributed by atoms with van der Waals surface area (Å²) in [4.78, 5) is 12.4. The van der Waals surface area contributed by atoms with Crippen LogP contribution in [0.1, 0.15) is 28.2 Å². The van der Waals surface area contributed by atoms with Gasteiger partial charge >= 0.3 is 5.97 Å². The Labute approximate surface area is 257 Å². The quantitative estimate of drug-likeness (QED) is 0.159. The summed E-state index contributed by atoms with van der Waals surface area (Å²) in [7, 11) is 0. The van der Waals surface area contributed by atoms with E-state index in [1.165, 1.54) is 0 Å². The molecular formula is C32H23Cl3N2O5. The van der Waals surface area contributed by atoms with Crippen molar-refractivity contribution in [3.05, 3.63) is 128 Å². The van der Waals surface area contributed by atoms with E-state index >= 15 is 0 Å². The number of ether oxygens (including phenoxy) is 4. The number of esters is 1. The number of allylic oxidation sites excluding steroid dienone is 1. The lowest BCUT2D eigenvalue weighted by Crippen LogP contribution is -2.21. The molecule has 0 spiro atoms. The number of hydrogen-bond acceptors (Lipinski definition) is 7. The maximum Gasteiger partial charge on any atom is 0.349 e. The Morgan fingerprint density at radius 3 is 2.36 bits per heavy atom. The van der Waals surface area contributed by atoms with Gasteiger partial charge in [-0.05, 0) is 66.6 Å².